The summed E-state index contributed by atoms with van der Waals surface area (Å²) >= 11 is 1.87. The second kappa shape index (κ2) is 11.2. The highest BCUT2D eigenvalue weighted by Crippen LogP contribution is 2.38. The van der Waals surface area contributed by atoms with E-state index in [1.807, 2.05) is 11.8 Å². The van der Waals surface area contributed by atoms with Gasteiger partial charge in [-0.2, -0.15) is 5.01 Å². The van der Waals surface area contributed by atoms with Gasteiger partial charge in [0.15, 0.2) is 0 Å². The summed E-state index contributed by atoms with van der Waals surface area (Å²) in [6.07, 6.45) is 14.1. The first kappa shape index (κ1) is 25.2. The fourth-order valence-electron chi connectivity index (χ4n) is 6.75. The zero-order valence-corrected chi connectivity index (χ0v) is 21.7. The van der Waals surface area contributed by atoms with Gasteiger partial charge in [-0.3, -0.25) is 5.43 Å². The molecule has 7 nitrogen and oxygen atoms in total. The van der Waals surface area contributed by atoms with E-state index >= 15 is 0 Å². The van der Waals surface area contributed by atoms with Gasteiger partial charge in [-0.1, -0.05) is 19.3 Å². The summed E-state index contributed by atoms with van der Waals surface area (Å²) in [4.78, 5) is 2.38. The minimum absolute atomic E-state index is 0.0243. The molecule has 2 aliphatic heterocycles. The third-order valence-corrected chi connectivity index (χ3v) is 10.2. The summed E-state index contributed by atoms with van der Waals surface area (Å²) in [5.74, 6) is 1.34. The van der Waals surface area contributed by atoms with Gasteiger partial charge in [-0.25, -0.2) is 10.4 Å². The van der Waals surface area contributed by atoms with E-state index in [1.54, 1.807) is 0 Å². The highest BCUT2D eigenvalue weighted by Gasteiger charge is 2.42. The summed E-state index contributed by atoms with van der Waals surface area (Å²) in [5.41, 5.74) is 20.7. The molecule has 0 radical (unpaired) electrons. The van der Waals surface area contributed by atoms with Crippen molar-refractivity contribution < 1.29 is 0 Å². The number of hydrogen-bond donors (Lipinski definition) is 4. The molecule has 0 spiro atoms. The molecule has 6 atom stereocenters. The average Bonchev–Trinajstić information content (AvgIpc) is 3.32. The number of nitrogens with zero attached hydrogens (tertiary/aromatic N) is 3. The zero-order chi connectivity index (χ0) is 22.8. The molecule has 2 aliphatic carbocycles. The van der Waals surface area contributed by atoms with E-state index in [1.165, 1.54) is 57.8 Å². The maximum atomic E-state index is 6.70. The summed E-state index contributed by atoms with van der Waals surface area (Å²) in [6, 6.07) is 2.55. The van der Waals surface area contributed by atoms with Crippen molar-refractivity contribution >= 4 is 11.8 Å². The number of nitrogens with one attached hydrogen (secondary N) is 2. The first-order chi connectivity index (χ1) is 15.3. The van der Waals surface area contributed by atoms with Gasteiger partial charge in [0.05, 0.1) is 11.5 Å². The first-order valence-corrected chi connectivity index (χ1v) is 14.2. The highest BCUT2D eigenvalue weighted by atomic mass is 32.2. The number of thioether (sulfide) groups is 1. The maximum absolute atomic E-state index is 6.70. The number of hydrogen-bond acceptors (Lipinski definition) is 8. The topological polar surface area (TPSA) is 85.8 Å². The molecular formula is C24H49N7S. The van der Waals surface area contributed by atoms with E-state index in [0.717, 1.165) is 18.9 Å². The van der Waals surface area contributed by atoms with Gasteiger partial charge in [0.25, 0.3) is 0 Å². The van der Waals surface area contributed by atoms with Gasteiger partial charge >= 0.3 is 0 Å². The minimum Gasteiger partial charge on any atom is -0.315 e. The van der Waals surface area contributed by atoms with E-state index in [-0.39, 0.29) is 11.7 Å². The van der Waals surface area contributed by atoms with Crippen LogP contribution in [0.1, 0.15) is 84.5 Å². The molecule has 2 heterocycles. The Kier molecular flexibility index (Phi) is 8.81. The number of rotatable bonds is 7. The second-order valence-corrected chi connectivity index (χ2v) is 12.4. The van der Waals surface area contributed by atoms with Crippen molar-refractivity contribution in [2.45, 2.75) is 126 Å². The van der Waals surface area contributed by atoms with Crippen LogP contribution in [0, 0.1) is 11.8 Å². The lowest BCUT2D eigenvalue weighted by Crippen LogP contribution is -2.54. The van der Waals surface area contributed by atoms with E-state index < -0.39 is 0 Å². The van der Waals surface area contributed by atoms with Gasteiger partial charge < -0.3 is 16.4 Å². The predicted molar refractivity (Wildman–Crippen MR) is 135 cm³/mol. The van der Waals surface area contributed by atoms with Gasteiger partial charge in [-0.15, -0.1) is 11.8 Å². The van der Waals surface area contributed by atoms with E-state index in [9.17, 15) is 0 Å². The van der Waals surface area contributed by atoms with Crippen molar-refractivity contribution in [2.24, 2.45) is 23.3 Å². The summed E-state index contributed by atoms with van der Waals surface area (Å²) in [7, 11) is 4.42. The Morgan fingerprint density at radius 3 is 2.34 bits per heavy atom. The third kappa shape index (κ3) is 5.65. The predicted octanol–water partition coefficient (Wildman–Crippen LogP) is 2.84. The van der Waals surface area contributed by atoms with Crippen molar-refractivity contribution in [3.8, 4) is 0 Å². The van der Waals surface area contributed by atoms with E-state index in [0.29, 0.717) is 35.3 Å². The normalized spacial score (nSPS) is 41.5. The summed E-state index contributed by atoms with van der Waals surface area (Å²) in [6.45, 7) is 4.77. The van der Waals surface area contributed by atoms with Crippen molar-refractivity contribution in [3.63, 3.8) is 0 Å². The molecule has 6 unspecified atom stereocenters. The van der Waals surface area contributed by atoms with Crippen LogP contribution in [0.25, 0.3) is 0 Å². The van der Waals surface area contributed by atoms with Crippen LogP contribution in [0.3, 0.4) is 0 Å². The quantitative estimate of drug-likeness (QED) is 0.455. The molecule has 6 N–H and O–H groups in total. The van der Waals surface area contributed by atoms with Crippen LogP contribution >= 0.6 is 11.8 Å². The van der Waals surface area contributed by atoms with Crippen molar-refractivity contribution in [1.82, 2.24) is 25.8 Å². The molecule has 4 rings (SSSR count). The largest absolute Gasteiger partial charge is 0.315 e. The van der Waals surface area contributed by atoms with E-state index in [2.05, 4.69) is 53.7 Å². The van der Waals surface area contributed by atoms with Crippen LogP contribution < -0.4 is 22.3 Å². The molecule has 0 aromatic carbocycles. The molecule has 32 heavy (non-hydrogen) atoms. The van der Waals surface area contributed by atoms with Crippen molar-refractivity contribution in [3.05, 3.63) is 0 Å². The molecule has 0 bridgehead atoms. The lowest BCUT2D eigenvalue weighted by molar-refractivity contribution is 0.0808. The van der Waals surface area contributed by atoms with Gasteiger partial charge in [0.1, 0.15) is 5.50 Å². The molecule has 4 aliphatic rings. The summed E-state index contributed by atoms with van der Waals surface area (Å²) < 4.78 is 0. The van der Waals surface area contributed by atoms with Crippen molar-refractivity contribution in [2.75, 3.05) is 14.1 Å². The van der Waals surface area contributed by atoms with Crippen LogP contribution in [0.2, 0.25) is 0 Å². The van der Waals surface area contributed by atoms with Gasteiger partial charge in [-0.05, 0) is 91.1 Å². The SMILES string of the molecule is CC1NN(C2CCCCC2)C(C)C1CCC(N)N1NC(C2CCC(N(C)C)CC2)SC1N. The Morgan fingerprint density at radius 2 is 1.69 bits per heavy atom. The lowest BCUT2D eigenvalue weighted by Gasteiger charge is -2.35. The average molecular weight is 468 g/mol. The van der Waals surface area contributed by atoms with Crippen LogP contribution in [0.4, 0.5) is 0 Å². The monoisotopic (exact) mass is 467 g/mol. The fraction of sp³-hybridized carbons (Fsp3) is 1.00. The van der Waals surface area contributed by atoms with Gasteiger partial charge in [0, 0.05) is 24.2 Å². The Labute approximate surface area is 200 Å². The number of hydrazine groups is 2. The molecule has 186 valence electrons. The second-order valence-electron chi connectivity index (χ2n) is 11.2. The number of nitrogens with two attached hydrogens (primary N) is 2. The summed E-state index contributed by atoms with van der Waals surface area (Å²) in [5, 5.41) is 5.16. The standard InChI is InChI=1S/C24H49N7S/c1-16-21(17(2)30(27-16)20-8-6-5-7-9-20)14-15-22(25)31-24(26)32-23(28-31)18-10-12-19(13-11-18)29(3)4/h16-24,27-28H,5-15,25-26H2,1-4H3. The Morgan fingerprint density at radius 1 is 1.00 bits per heavy atom. The van der Waals surface area contributed by atoms with Gasteiger partial charge in [0.2, 0.25) is 0 Å². The Balaban J connectivity index is 1.24. The van der Waals surface area contributed by atoms with Crippen LogP contribution in [-0.2, 0) is 0 Å². The van der Waals surface area contributed by atoms with E-state index in [4.69, 9.17) is 11.5 Å². The molecular weight excluding hydrogens is 418 g/mol. The molecule has 0 amide bonds. The smallest absolute Gasteiger partial charge is 0.122 e. The molecule has 0 aromatic heterocycles. The molecule has 0 aromatic rings. The molecule has 2 saturated carbocycles. The van der Waals surface area contributed by atoms with Crippen LogP contribution in [0.5, 0.6) is 0 Å². The van der Waals surface area contributed by atoms with Crippen LogP contribution in [-0.4, -0.2) is 70.2 Å². The maximum Gasteiger partial charge on any atom is 0.122 e. The molecule has 8 heteroatoms. The fourth-order valence-corrected chi connectivity index (χ4v) is 8.08. The molecule has 2 saturated heterocycles. The molecule has 4 fully saturated rings. The van der Waals surface area contributed by atoms with Crippen molar-refractivity contribution in [1.29, 1.82) is 0 Å². The van der Waals surface area contributed by atoms with Crippen LogP contribution in [0.15, 0.2) is 0 Å². The Hall–Kier alpha value is 0.0700. The lowest BCUT2D eigenvalue weighted by atomic mass is 9.85. The highest BCUT2D eigenvalue weighted by molar-refractivity contribution is 8.00. The zero-order valence-electron chi connectivity index (χ0n) is 20.9. The first-order valence-electron chi connectivity index (χ1n) is 13.3. The third-order valence-electron chi connectivity index (χ3n) is 8.91. The minimum atomic E-state index is -0.0446. The Bertz CT molecular complexity index is 579.